The van der Waals surface area contributed by atoms with E-state index in [9.17, 15) is 0 Å². The van der Waals surface area contributed by atoms with Gasteiger partial charge in [0.05, 0.1) is 6.04 Å². The van der Waals surface area contributed by atoms with Crippen molar-refractivity contribution in [1.82, 2.24) is 35.2 Å². The van der Waals surface area contributed by atoms with Gasteiger partial charge in [-0.25, -0.2) is 9.97 Å². The zero-order valence-electron chi connectivity index (χ0n) is 19.0. The van der Waals surface area contributed by atoms with Crippen LogP contribution in [-0.4, -0.2) is 35.2 Å². The maximum atomic E-state index is 5.01. The van der Waals surface area contributed by atoms with Crippen molar-refractivity contribution in [3.05, 3.63) is 63.9 Å². The van der Waals surface area contributed by atoms with Crippen molar-refractivity contribution >= 4 is 22.5 Å². The van der Waals surface area contributed by atoms with Crippen molar-refractivity contribution in [3.8, 4) is 21.8 Å². The highest BCUT2D eigenvalue weighted by molar-refractivity contribution is 7.15. The Morgan fingerprint density at radius 2 is 1.97 bits per heavy atom. The van der Waals surface area contributed by atoms with Gasteiger partial charge in [0.15, 0.2) is 5.65 Å². The molecule has 4 aromatic heterocycles. The van der Waals surface area contributed by atoms with Gasteiger partial charge >= 0.3 is 0 Å². The third-order valence-corrected chi connectivity index (χ3v) is 7.77. The van der Waals surface area contributed by atoms with Gasteiger partial charge < -0.3 is 4.57 Å². The van der Waals surface area contributed by atoms with Crippen molar-refractivity contribution in [3.63, 3.8) is 0 Å². The molecule has 0 bridgehead atoms. The molecule has 1 aromatic carbocycles. The summed E-state index contributed by atoms with van der Waals surface area (Å²) in [7, 11) is 0. The molecular weight excluding hydrogens is 430 g/mol. The summed E-state index contributed by atoms with van der Waals surface area (Å²) in [5.74, 6) is 1.74. The molecular formula is C25H25N7S. The number of tetrazole rings is 1. The lowest BCUT2D eigenvalue weighted by atomic mass is 9.92. The van der Waals surface area contributed by atoms with Gasteiger partial charge in [-0.1, -0.05) is 31.2 Å². The fraction of sp³-hybridized carbons (Fsp3) is 0.320. The fourth-order valence-corrected chi connectivity index (χ4v) is 6.40. The highest BCUT2D eigenvalue weighted by Gasteiger charge is 2.29. The summed E-state index contributed by atoms with van der Waals surface area (Å²) in [5, 5.41) is 14.8. The average Bonchev–Trinajstić information content (AvgIpc) is 3.56. The summed E-state index contributed by atoms with van der Waals surface area (Å²) in [6, 6.07) is 13.1. The van der Waals surface area contributed by atoms with Gasteiger partial charge in [-0.2, -0.15) is 5.21 Å². The number of hydrogen-bond acceptors (Lipinski definition) is 6. The van der Waals surface area contributed by atoms with Crippen LogP contribution < -0.4 is 0 Å². The molecule has 166 valence electrons. The minimum atomic E-state index is 0.254. The smallest absolute Gasteiger partial charge is 0.205 e. The lowest BCUT2D eigenvalue weighted by molar-refractivity contribution is 0.488. The van der Waals surface area contributed by atoms with Crippen LogP contribution in [0.4, 0.5) is 0 Å². The van der Waals surface area contributed by atoms with Gasteiger partial charge in [-0.05, 0) is 61.6 Å². The molecule has 0 spiro atoms. The standard InChI is InChI=1S/C25H25N7S/c1-4-22-27-23-14(2)12-15(3)26-25(23)32(22)19-10-7-11-20-18(19)13-21(33-20)16-8-5-6-9-17(16)24-28-30-31-29-24/h5-6,8-9,12-13,19H,4,7,10-11H2,1-3H3,(H,28,29,30,31). The van der Waals surface area contributed by atoms with Crippen molar-refractivity contribution in [1.29, 1.82) is 0 Å². The number of fused-ring (bicyclic) bond motifs is 2. The Balaban J connectivity index is 1.51. The van der Waals surface area contributed by atoms with E-state index in [0.29, 0.717) is 5.82 Å². The first-order valence-electron chi connectivity index (χ1n) is 11.4. The van der Waals surface area contributed by atoms with Crippen LogP contribution in [0, 0.1) is 13.8 Å². The second-order valence-corrected chi connectivity index (χ2v) is 9.82. The maximum absolute atomic E-state index is 5.01. The Labute approximate surface area is 195 Å². The van der Waals surface area contributed by atoms with E-state index in [1.54, 1.807) is 0 Å². The molecule has 6 rings (SSSR count). The molecule has 0 saturated carbocycles. The molecule has 1 aliphatic rings. The van der Waals surface area contributed by atoms with E-state index < -0.39 is 0 Å². The van der Waals surface area contributed by atoms with Crippen molar-refractivity contribution in [2.24, 2.45) is 0 Å². The summed E-state index contributed by atoms with van der Waals surface area (Å²) in [5.41, 5.74) is 7.83. The van der Waals surface area contributed by atoms with Gasteiger partial charge in [0.1, 0.15) is 11.3 Å². The molecule has 1 atom stereocenters. The summed E-state index contributed by atoms with van der Waals surface area (Å²) >= 11 is 1.89. The number of aromatic nitrogens is 7. The van der Waals surface area contributed by atoms with E-state index in [1.165, 1.54) is 20.9 Å². The predicted molar refractivity (Wildman–Crippen MR) is 130 cm³/mol. The number of imidazole rings is 1. The monoisotopic (exact) mass is 455 g/mol. The molecule has 1 aliphatic carbocycles. The molecule has 1 unspecified atom stereocenters. The summed E-state index contributed by atoms with van der Waals surface area (Å²) in [4.78, 5) is 12.7. The van der Waals surface area contributed by atoms with Crippen LogP contribution in [0.1, 0.15) is 53.3 Å². The van der Waals surface area contributed by atoms with Gasteiger partial charge in [-0.3, -0.25) is 0 Å². The Morgan fingerprint density at radius 1 is 1.12 bits per heavy atom. The topological polar surface area (TPSA) is 85.2 Å². The molecule has 0 radical (unpaired) electrons. The third-order valence-electron chi connectivity index (χ3n) is 6.53. The first-order valence-corrected chi connectivity index (χ1v) is 12.3. The number of pyridine rings is 1. The number of thiophene rings is 1. The van der Waals surface area contributed by atoms with Crippen LogP contribution in [0.25, 0.3) is 33.0 Å². The van der Waals surface area contributed by atoms with Crippen LogP contribution in [0.5, 0.6) is 0 Å². The second-order valence-electron chi connectivity index (χ2n) is 8.68. The quantitative estimate of drug-likeness (QED) is 0.390. The number of aromatic amines is 1. The average molecular weight is 456 g/mol. The molecule has 5 aromatic rings. The second kappa shape index (κ2) is 7.88. The van der Waals surface area contributed by atoms with Crippen LogP contribution in [0.2, 0.25) is 0 Å². The van der Waals surface area contributed by atoms with Gasteiger partial charge in [0.25, 0.3) is 0 Å². The highest BCUT2D eigenvalue weighted by Crippen LogP contribution is 2.44. The van der Waals surface area contributed by atoms with Crippen LogP contribution in [0.3, 0.4) is 0 Å². The molecule has 8 heteroatoms. The molecule has 1 N–H and O–H groups in total. The molecule has 7 nitrogen and oxygen atoms in total. The molecule has 0 aliphatic heterocycles. The van der Waals surface area contributed by atoms with Crippen molar-refractivity contribution < 1.29 is 0 Å². The van der Waals surface area contributed by atoms with E-state index in [4.69, 9.17) is 9.97 Å². The molecule has 33 heavy (non-hydrogen) atoms. The third kappa shape index (κ3) is 3.28. The number of nitrogens with one attached hydrogen (secondary N) is 1. The van der Waals surface area contributed by atoms with Gasteiger partial charge in [0, 0.05) is 33.0 Å². The fourth-order valence-electron chi connectivity index (χ4n) is 5.10. The number of benzene rings is 1. The summed E-state index contributed by atoms with van der Waals surface area (Å²) in [6.07, 6.45) is 4.26. The molecule has 4 heterocycles. The van der Waals surface area contributed by atoms with E-state index in [0.717, 1.165) is 59.5 Å². The summed E-state index contributed by atoms with van der Waals surface area (Å²) in [6.45, 7) is 6.39. The first-order chi connectivity index (χ1) is 16.1. The largest absolute Gasteiger partial charge is 0.305 e. The maximum Gasteiger partial charge on any atom is 0.205 e. The molecule has 0 amide bonds. The van der Waals surface area contributed by atoms with Gasteiger partial charge in [-0.15, -0.1) is 21.5 Å². The van der Waals surface area contributed by atoms with Crippen molar-refractivity contribution in [2.75, 3.05) is 0 Å². The Morgan fingerprint density at radius 3 is 2.76 bits per heavy atom. The number of nitrogens with zero attached hydrogens (tertiary/aromatic N) is 6. The van der Waals surface area contributed by atoms with Crippen LogP contribution in [0.15, 0.2) is 36.4 Å². The van der Waals surface area contributed by atoms with Gasteiger partial charge in [0.2, 0.25) is 5.82 Å². The van der Waals surface area contributed by atoms with Crippen LogP contribution >= 0.6 is 11.3 Å². The number of aryl methyl sites for hydroxylation is 4. The Bertz CT molecular complexity index is 1460. The van der Waals surface area contributed by atoms with E-state index >= 15 is 0 Å². The molecule has 0 fully saturated rings. The lowest BCUT2D eigenvalue weighted by Crippen LogP contribution is -2.18. The summed E-state index contributed by atoms with van der Waals surface area (Å²) < 4.78 is 2.41. The van der Waals surface area contributed by atoms with E-state index in [1.807, 2.05) is 17.4 Å². The number of H-pyrrole nitrogens is 1. The first kappa shape index (κ1) is 20.2. The zero-order valence-corrected chi connectivity index (χ0v) is 19.8. The SMILES string of the molecule is CCc1nc2c(C)cc(C)nc2n1C1CCCc2sc(-c3ccccc3-c3nn[nH]n3)cc21. The lowest BCUT2D eigenvalue weighted by Gasteiger charge is -2.25. The predicted octanol–water partition coefficient (Wildman–Crippen LogP) is 5.44. The van der Waals surface area contributed by atoms with E-state index in [-0.39, 0.29) is 6.04 Å². The minimum Gasteiger partial charge on any atom is -0.305 e. The normalized spacial score (nSPS) is 15.8. The highest BCUT2D eigenvalue weighted by atomic mass is 32.1. The molecule has 0 saturated heterocycles. The minimum absolute atomic E-state index is 0.254. The number of hydrogen-bond donors (Lipinski definition) is 1. The Kier molecular flexibility index (Phi) is 4.83. The van der Waals surface area contributed by atoms with Crippen molar-refractivity contribution in [2.45, 2.75) is 52.5 Å². The zero-order chi connectivity index (χ0) is 22.5. The number of rotatable bonds is 4. The Hall–Kier alpha value is -3.39. The van der Waals surface area contributed by atoms with Crippen LogP contribution in [-0.2, 0) is 12.8 Å². The van der Waals surface area contributed by atoms with E-state index in [2.05, 4.69) is 76.3 Å².